The molecule has 2 aromatic carbocycles. The summed E-state index contributed by atoms with van der Waals surface area (Å²) >= 11 is 0. The molecule has 4 heterocycles. The molecule has 7 rings (SSSR count). The van der Waals surface area contributed by atoms with Gasteiger partial charge in [-0.15, -0.1) is 0 Å². The number of carbonyl (C=O) groups is 1. The number of hydrogen-bond donors (Lipinski definition) is 4. The Balaban J connectivity index is 1.32. The number of carbonyl (C=O) groups excluding carboxylic acids is 1. The molecule has 0 saturated carbocycles. The summed E-state index contributed by atoms with van der Waals surface area (Å²) in [5, 5.41) is 42.4. The molecular weight excluding hydrogens is 556 g/mol. The Morgan fingerprint density at radius 3 is 2.48 bits per heavy atom. The number of benzene rings is 2. The first-order chi connectivity index (χ1) is 20.3. The maximum absolute atomic E-state index is 13.4. The number of aliphatic hydroxyl groups excluding tert-OH is 3. The molecule has 42 heavy (non-hydrogen) atoms. The van der Waals surface area contributed by atoms with Crippen LogP contribution in [0.2, 0.25) is 0 Å². The second-order valence-electron chi connectivity index (χ2n) is 11.1. The summed E-state index contributed by atoms with van der Waals surface area (Å²) in [6.45, 7) is 1.43. The number of aliphatic hydroxyl groups is 3. The molecule has 0 radical (unpaired) electrons. The van der Waals surface area contributed by atoms with Crippen LogP contribution in [0.25, 0.3) is 0 Å². The van der Waals surface area contributed by atoms with Gasteiger partial charge in [0.2, 0.25) is 6.79 Å². The van der Waals surface area contributed by atoms with E-state index in [1.54, 1.807) is 31.2 Å². The molecule has 5 aliphatic rings. The van der Waals surface area contributed by atoms with Crippen molar-refractivity contribution in [3.8, 4) is 23.0 Å². The van der Waals surface area contributed by atoms with Crippen molar-refractivity contribution in [2.24, 2.45) is 11.8 Å². The third-order valence-electron chi connectivity index (χ3n) is 8.81. The molecule has 0 spiro atoms. The highest BCUT2D eigenvalue weighted by Crippen LogP contribution is 2.56. The fourth-order valence-electron chi connectivity index (χ4n) is 6.79. The van der Waals surface area contributed by atoms with Crippen molar-refractivity contribution >= 4 is 5.97 Å². The van der Waals surface area contributed by atoms with Crippen molar-refractivity contribution in [1.29, 1.82) is 0 Å². The minimum atomic E-state index is -1.45. The molecular formula is C29H32O13. The number of rotatable bonds is 5. The normalized spacial score (nSPS) is 36.5. The number of cyclic esters (lactones) is 1. The minimum Gasteiger partial charge on any atom is -0.504 e. The van der Waals surface area contributed by atoms with E-state index in [1.165, 1.54) is 7.11 Å². The second kappa shape index (κ2) is 10.5. The van der Waals surface area contributed by atoms with Gasteiger partial charge in [0.1, 0.15) is 24.4 Å². The monoisotopic (exact) mass is 588 g/mol. The first-order valence-corrected chi connectivity index (χ1v) is 13.8. The maximum Gasteiger partial charge on any atom is 0.310 e. The van der Waals surface area contributed by atoms with Crippen molar-refractivity contribution in [3.05, 3.63) is 46.5 Å². The molecule has 226 valence electrons. The Hall–Kier alpha value is -3.17. The zero-order chi connectivity index (χ0) is 29.3. The van der Waals surface area contributed by atoms with E-state index in [9.17, 15) is 25.2 Å². The van der Waals surface area contributed by atoms with Gasteiger partial charge in [0, 0.05) is 17.4 Å². The van der Waals surface area contributed by atoms with Crippen molar-refractivity contribution in [2.75, 3.05) is 27.1 Å². The largest absolute Gasteiger partial charge is 0.504 e. The smallest absolute Gasteiger partial charge is 0.310 e. The van der Waals surface area contributed by atoms with Crippen molar-refractivity contribution in [3.63, 3.8) is 0 Å². The third-order valence-corrected chi connectivity index (χ3v) is 8.81. The van der Waals surface area contributed by atoms with Gasteiger partial charge in [0.05, 0.1) is 39.0 Å². The number of methoxy groups -OCH3 is 1. The molecule has 0 amide bonds. The first kappa shape index (κ1) is 27.7. The van der Waals surface area contributed by atoms with E-state index in [-0.39, 0.29) is 37.1 Å². The molecule has 0 aromatic heterocycles. The minimum absolute atomic E-state index is 0.0170. The number of hydrogen-bond acceptors (Lipinski definition) is 13. The van der Waals surface area contributed by atoms with Gasteiger partial charge < -0.3 is 58.3 Å². The van der Waals surface area contributed by atoms with Gasteiger partial charge in [-0.25, -0.2) is 0 Å². The molecule has 10 atom stereocenters. The maximum atomic E-state index is 13.4. The average Bonchev–Trinajstić information content (AvgIpc) is 3.61. The van der Waals surface area contributed by atoms with Crippen LogP contribution in [0, 0.1) is 11.8 Å². The lowest BCUT2D eigenvalue weighted by atomic mass is 9.66. The van der Waals surface area contributed by atoms with Gasteiger partial charge in [-0.2, -0.15) is 0 Å². The van der Waals surface area contributed by atoms with Gasteiger partial charge in [-0.3, -0.25) is 4.79 Å². The summed E-state index contributed by atoms with van der Waals surface area (Å²) < 4.78 is 46.0. The first-order valence-electron chi connectivity index (χ1n) is 13.8. The molecule has 4 aliphatic heterocycles. The number of phenols is 1. The Bertz CT molecular complexity index is 1350. The molecule has 13 nitrogen and oxygen atoms in total. The van der Waals surface area contributed by atoms with E-state index in [4.69, 9.17) is 37.9 Å². The molecule has 0 bridgehead atoms. The highest BCUT2D eigenvalue weighted by atomic mass is 16.8. The summed E-state index contributed by atoms with van der Waals surface area (Å²) in [5.41, 5.74) is 2.17. The number of ether oxygens (including phenoxy) is 8. The van der Waals surface area contributed by atoms with Crippen molar-refractivity contribution in [2.45, 2.75) is 62.5 Å². The van der Waals surface area contributed by atoms with Crippen LogP contribution in [0.5, 0.6) is 23.0 Å². The van der Waals surface area contributed by atoms with Gasteiger partial charge >= 0.3 is 5.97 Å². The predicted octanol–water partition coefficient (Wildman–Crippen LogP) is 0.822. The summed E-state index contributed by atoms with van der Waals surface area (Å²) in [4.78, 5) is 13.4. The standard InChI is InChI=1S/C29H32O13/c1-11-36-9-20-27(40-11)24(32)25(33)29(41-20)42-26-15-6-18-17(38-10-39-18)5-14(15)21(22-16(26)8-37-28(22)34)12-3-13(7-30)23(31)19(4-12)35-2/h3-6,11,16,20-22,24-27,29-33H,7-10H2,1-2H3/t11?,16-,20?,21+,22-,24-,25?,26+,27+,29-/m0/s1. The number of fused-ring (bicyclic) bond motifs is 4. The van der Waals surface area contributed by atoms with Crippen LogP contribution >= 0.6 is 0 Å². The summed E-state index contributed by atoms with van der Waals surface area (Å²) in [7, 11) is 1.40. The molecule has 13 heteroatoms. The summed E-state index contributed by atoms with van der Waals surface area (Å²) in [5.74, 6) is -1.40. The predicted molar refractivity (Wildman–Crippen MR) is 138 cm³/mol. The Labute approximate surface area is 240 Å². The van der Waals surface area contributed by atoms with Crippen molar-refractivity contribution in [1.82, 2.24) is 0 Å². The van der Waals surface area contributed by atoms with Crippen LogP contribution in [-0.4, -0.2) is 90.5 Å². The van der Waals surface area contributed by atoms with Gasteiger partial charge in [0.25, 0.3) is 0 Å². The SMILES string of the molecule is COc1cc([C@@H]2c3cc4c(cc3[C@@H](O[C@@H]3OC5COC(C)O[C@H]5[C@@H](O)C3O)[C@H]3COC(=O)[C@H]23)OCO4)cc(CO)c1O. The molecule has 3 fully saturated rings. The lowest BCUT2D eigenvalue weighted by molar-refractivity contribution is -0.364. The molecule has 3 unspecified atom stereocenters. The average molecular weight is 589 g/mol. The van der Waals surface area contributed by atoms with Crippen LogP contribution in [0.15, 0.2) is 24.3 Å². The van der Waals surface area contributed by atoms with E-state index in [0.29, 0.717) is 28.2 Å². The lowest BCUT2D eigenvalue weighted by Crippen LogP contribution is -2.63. The van der Waals surface area contributed by atoms with Gasteiger partial charge in [-0.1, -0.05) is 0 Å². The van der Waals surface area contributed by atoms with Crippen LogP contribution in [0.3, 0.4) is 0 Å². The topological polar surface area (TPSA) is 172 Å². The molecule has 4 N–H and O–H groups in total. The third kappa shape index (κ3) is 4.30. The fourth-order valence-corrected chi connectivity index (χ4v) is 6.79. The Morgan fingerprint density at radius 1 is 0.976 bits per heavy atom. The molecule has 1 aliphatic carbocycles. The molecule has 2 aromatic rings. The van der Waals surface area contributed by atoms with Crippen LogP contribution in [-0.2, 0) is 35.1 Å². The van der Waals surface area contributed by atoms with Gasteiger partial charge in [-0.05, 0) is 47.9 Å². The molecule has 3 saturated heterocycles. The summed E-state index contributed by atoms with van der Waals surface area (Å²) in [6, 6.07) is 6.83. The quantitative estimate of drug-likeness (QED) is 0.362. The Kier molecular flexibility index (Phi) is 6.93. The highest BCUT2D eigenvalue weighted by Gasteiger charge is 2.56. The Morgan fingerprint density at radius 2 is 1.74 bits per heavy atom. The van der Waals surface area contributed by atoms with Gasteiger partial charge in [0.15, 0.2) is 35.6 Å². The van der Waals surface area contributed by atoms with E-state index in [2.05, 4.69) is 0 Å². The van der Waals surface area contributed by atoms with E-state index >= 15 is 0 Å². The number of aromatic hydroxyl groups is 1. The van der Waals surface area contributed by atoms with Crippen LogP contribution in [0.4, 0.5) is 0 Å². The fraction of sp³-hybridized carbons (Fsp3) is 0.552. The number of esters is 1. The lowest BCUT2D eigenvalue weighted by Gasteiger charge is -2.47. The highest BCUT2D eigenvalue weighted by molar-refractivity contribution is 5.79. The van der Waals surface area contributed by atoms with Crippen LogP contribution < -0.4 is 14.2 Å². The van der Waals surface area contributed by atoms with E-state index < -0.39 is 73.4 Å². The van der Waals surface area contributed by atoms with E-state index in [0.717, 1.165) is 0 Å². The summed E-state index contributed by atoms with van der Waals surface area (Å²) in [6.07, 6.45) is -6.87. The zero-order valence-corrected chi connectivity index (χ0v) is 22.9. The van der Waals surface area contributed by atoms with E-state index in [1.807, 2.05) is 0 Å². The van der Waals surface area contributed by atoms with Crippen molar-refractivity contribution < 1.29 is 63.1 Å². The zero-order valence-electron chi connectivity index (χ0n) is 22.9. The second-order valence-corrected chi connectivity index (χ2v) is 11.1. The van der Waals surface area contributed by atoms with Crippen LogP contribution in [0.1, 0.15) is 41.2 Å².